The van der Waals surface area contributed by atoms with Gasteiger partial charge in [0.15, 0.2) is 0 Å². The van der Waals surface area contributed by atoms with Crippen molar-refractivity contribution in [3.8, 4) is 0 Å². The summed E-state index contributed by atoms with van der Waals surface area (Å²) in [6.45, 7) is 11.4. The van der Waals surface area contributed by atoms with E-state index in [0.717, 1.165) is 0 Å². The third-order valence-electron chi connectivity index (χ3n) is 1.98. The molecule has 0 saturated carbocycles. The van der Waals surface area contributed by atoms with E-state index in [1.54, 1.807) is 0 Å². The first-order chi connectivity index (χ1) is 5.70. The van der Waals surface area contributed by atoms with Crippen LogP contribution < -0.4 is 0 Å². The van der Waals surface area contributed by atoms with E-state index in [9.17, 15) is 0 Å². The normalized spacial score (nSPS) is 11.4. The Balaban J connectivity index is 3.51. The Bertz CT molecular complexity index is 128. The van der Waals surface area contributed by atoms with Crippen LogP contribution in [0.25, 0.3) is 0 Å². The van der Waals surface area contributed by atoms with Crippen molar-refractivity contribution in [2.45, 2.75) is 34.1 Å². The highest BCUT2D eigenvalue weighted by Crippen LogP contribution is 1.91. The molecule has 0 rings (SSSR count). The van der Waals surface area contributed by atoms with Gasteiger partial charge in [-0.2, -0.15) is 0 Å². The molecular weight excluding hydrogens is 162 g/mol. The summed E-state index contributed by atoms with van der Waals surface area (Å²) in [6.07, 6.45) is 2.65. The molecule has 0 unspecified atom stereocenters. The van der Waals surface area contributed by atoms with Crippen LogP contribution >= 0.6 is 0 Å². The van der Waals surface area contributed by atoms with Gasteiger partial charge in [0.25, 0.3) is 0 Å². The first-order valence-corrected chi connectivity index (χ1v) is 6.88. The molecule has 0 aliphatic carbocycles. The van der Waals surface area contributed by atoms with Gasteiger partial charge >= 0.3 is 0 Å². The second-order valence-electron chi connectivity index (χ2n) is 3.50. The summed E-state index contributed by atoms with van der Waals surface area (Å²) in [5.74, 6) is 0. The molecule has 0 aromatic rings. The molecule has 0 aromatic carbocycles. The van der Waals surface area contributed by atoms with Crippen molar-refractivity contribution in [1.82, 2.24) is 4.90 Å². The predicted molar refractivity (Wildman–Crippen MR) is 60.4 cm³/mol. The summed E-state index contributed by atoms with van der Waals surface area (Å²) in [5.41, 5.74) is 3.95. The van der Waals surface area contributed by atoms with Crippen molar-refractivity contribution < 1.29 is 0 Å². The molecule has 1 nitrogen and oxygen atoms in total. The second-order valence-corrected chi connectivity index (χ2v) is 4.94. The van der Waals surface area contributed by atoms with Crippen LogP contribution in [0.5, 0.6) is 0 Å². The number of hydrogen-bond donors (Lipinski definition) is 0. The van der Waals surface area contributed by atoms with Gasteiger partial charge in [-0.25, -0.2) is 0 Å². The summed E-state index contributed by atoms with van der Waals surface area (Å²) < 4.78 is 0. The summed E-state index contributed by atoms with van der Waals surface area (Å²) in [5, 5.41) is 0. The van der Waals surface area contributed by atoms with Gasteiger partial charge in [-0.15, -0.1) is 5.70 Å². The van der Waals surface area contributed by atoms with Gasteiger partial charge < -0.3 is 4.90 Å². The molecule has 0 aliphatic rings. The Hall–Kier alpha value is -0.0831. The average Bonchev–Trinajstić information content (AvgIpc) is 2.02. The zero-order chi connectivity index (χ0) is 9.40. The standard InChI is InChI=1S/C10H23NSi/c1-5-7-11(6-2)9-12-8-10(3)4/h8H,5-7,9,12H2,1-4H3. The number of rotatable bonds is 6. The summed E-state index contributed by atoms with van der Waals surface area (Å²) in [7, 11) is 0.0490. The quantitative estimate of drug-likeness (QED) is 0.570. The number of allylic oxidation sites excluding steroid dienone is 1. The Kier molecular flexibility index (Phi) is 7.51. The topological polar surface area (TPSA) is 3.24 Å². The maximum Gasteiger partial charge on any atom is 0.0611 e. The van der Waals surface area contributed by atoms with E-state index >= 15 is 0 Å². The zero-order valence-corrected chi connectivity index (χ0v) is 10.5. The van der Waals surface area contributed by atoms with E-state index in [1.807, 2.05) is 0 Å². The van der Waals surface area contributed by atoms with E-state index in [1.165, 1.54) is 31.3 Å². The Morgan fingerprint density at radius 2 is 2.00 bits per heavy atom. The van der Waals surface area contributed by atoms with E-state index in [0.29, 0.717) is 0 Å². The largest absolute Gasteiger partial charge is 0.307 e. The van der Waals surface area contributed by atoms with Crippen LogP contribution in [0.3, 0.4) is 0 Å². The van der Waals surface area contributed by atoms with Gasteiger partial charge in [0.05, 0.1) is 9.52 Å². The van der Waals surface area contributed by atoms with Gasteiger partial charge in [0, 0.05) is 0 Å². The van der Waals surface area contributed by atoms with E-state index in [4.69, 9.17) is 0 Å². The SMILES string of the molecule is CCCN(CC)C[SiH2]C=C(C)C. The van der Waals surface area contributed by atoms with E-state index in [2.05, 4.69) is 38.3 Å². The molecule has 72 valence electrons. The minimum absolute atomic E-state index is 0.0490. The maximum atomic E-state index is 2.56. The van der Waals surface area contributed by atoms with E-state index < -0.39 is 0 Å². The molecule has 0 spiro atoms. The van der Waals surface area contributed by atoms with Gasteiger partial charge in [-0.05, 0) is 39.5 Å². The van der Waals surface area contributed by atoms with Gasteiger partial charge in [-0.3, -0.25) is 0 Å². The lowest BCUT2D eigenvalue weighted by atomic mass is 10.4. The maximum absolute atomic E-state index is 2.56. The summed E-state index contributed by atoms with van der Waals surface area (Å²) >= 11 is 0. The van der Waals surface area contributed by atoms with Crippen LogP contribution in [0.2, 0.25) is 0 Å². The molecule has 0 heterocycles. The molecular formula is C10H23NSi. The van der Waals surface area contributed by atoms with Gasteiger partial charge in [0.1, 0.15) is 0 Å². The monoisotopic (exact) mass is 185 g/mol. The first-order valence-electron chi connectivity index (χ1n) is 5.06. The third kappa shape index (κ3) is 6.62. The fourth-order valence-electron chi connectivity index (χ4n) is 1.28. The molecule has 0 N–H and O–H groups in total. The highest BCUT2D eigenvalue weighted by Gasteiger charge is 1.97. The molecule has 0 bridgehead atoms. The fraction of sp³-hybridized carbons (Fsp3) is 0.800. The van der Waals surface area contributed by atoms with Crippen molar-refractivity contribution in [2.24, 2.45) is 0 Å². The molecule has 0 radical (unpaired) electrons. The zero-order valence-electron chi connectivity index (χ0n) is 9.06. The molecule has 2 heteroatoms. The Morgan fingerprint density at radius 1 is 1.33 bits per heavy atom. The van der Waals surface area contributed by atoms with Crippen LogP contribution in [-0.4, -0.2) is 33.7 Å². The second kappa shape index (κ2) is 7.56. The molecule has 0 aliphatic heterocycles. The molecule has 0 atom stereocenters. The van der Waals surface area contributed by atoms with Gasteiger partial charge in [0.2, 0.25) is 0 Å². The highest BCUT2D eigenvalue weighted by atomic mass is 28.2. The van der Waals surface area contributed by atoms with Crippen molar-refractivity contribution in [3.05, 3.63) is 11.3 Å². The van der Waals surface area contributed by atoms with Crippen LogP contribution in [0.1, 0.15) is 34.1 Å². The van der Waals surface area contributed by atoms with Crippen LogP contribution in [0.15, 0.2) is 11.3 Å². The minimum Gasteiger partial charge on any atom is -0.307 e. The summed E-state index contributed by atoms with van der Waals surface area (Å²) in [6, 6.07) is 0. The Morgan fingerprint density at radius 3 is 2.42 bits per heavy atom. The molecule has 0 amide bonds. The lowest BCUT2D eigenvalue weighted by molar-refractivity contribution is 0.334. The molecule has 12 heavy (non-hydrogen) atoms. The molecule has 0 aromatic heterocycles. The van der Waals surface area contributed by atoms with E-state index in [-0.39, 0.29) is 9.52 Å². The van der Waals surface area contributed by atoms with Crippen molar-refractivity contribution in [2.75, 3.05) is 19.3 Å². The van der Waals surface area contributed by atoms with Crippen LogP contribution in [0.4, 0.5) is 0 Å². The molecule has 0 fully saturated rings. The number of nitrogens with zero attached hydrogens (tertiary/aromatic N) is 1. The average molecular weight is 185 g/mol. The summed E-state index contributed by atoms with van der Waals surface area (Å²) in [4.78, 5) is 2.56. The van der Waals surface area contributed by atoms with Crippen molar-refractivity contribution in [1.29, 1.82) is 0 Å². The third-order valence-corrected chi connectivity index (χ3v) is 3.98. The lowest BCUT2D eigenvalue weighted by Gasteiger charge is -2.17. The molecule has 0 saturated heterocycles. The number of hydrogen-bond acceptors (Lipinski definition) is 1. The van der Waals surface area contributed by atoms with Gasteiger partial charge in [-0.1, -0.05) is 19.4 Å². The highest BCUT2D eigenvalue weighted by molar-refractivity contribution is 6.42. The lowest BCUT2D eigenvalue weighted by Crippen LogP contribution is -2.28. The fourth-order valence-corrected chi connectivity index (χ4v) is 2.89. The Labute approximate surface area is 79.7 Å². The first kappa shape index (κ1) is 11.9. The predicted octanol–water partition coefficient (Wildman–Crippen LogP) is 1.77. The van der Waals surface area contributed by atoms with Crippen molar-refractivity contribution in [3.63, 3.8) is 0 Å². The van der Waals surface area contributed by atoms with Crippen LogP contribution in [-0.2, 0) is 0 Å². The van der Waals surface area contributed by atoms with Crippen molar-refractivity contribution >= 4 is 9.52 Å². The minimum atomic E-state index is 0.0490. The van der Waals surface area contributed by atoms with Crippen LogP contribution in [0, 0.1) is 0 Å². The smallest absolute Gasteiger partial charge is 0.0611 e.